The minimum Gasteiger partial charge on any atom is -0.452 e. The van der Waals surface area contributed by atoms with Crippen molar-refractivity contribution in [3.05, 3.63) is 29.3 Å². The van der Waals surface area contributed by atoms with Crippen molar-refractivity contribution in [1.29, 1.82) is 0 Å². The predicted molar refractivity (Wildman–Crippen MR) is 69.2 cm³/mol. The summed E-state index contributed by atoms with van der Waals surface area (Å²) in [7, 11) is 0. The zero-order valence-corrected chi connectivity index (χ0v) is 10.7. The molecule has 0 saturated carbocycles. The van der Waals surface area contributed by atoms with E-state index in [9.17, 15) is 9.59 Å². The van der Waals surface area contributed by atoms with Gasteiger partial charge in [-0.1, -0.05) is 19.1 Å². The summed E-state index contributed by atoms with van der Waals surface area (Å²) in [5.41, 5.74) is 7.25. The number of hydrogen-bond acceptors (Lipinski definition) is 4. The lowest BCUT2D eigenvalue weighted by Crippen LogP contribution is -2.29. The maximum absolute atomic E-state index is 11.7. The summed E-state index contributed by atoms with van der Waals surface area (Å²) in [6.07, 6.45) is 0.838. The van der Waals surface area contributed by atoms with Crippen molar-refractivity contribution in [2.24, 2.45) is 0 Å². The number of aryl methyl sites for hydroxylation is 1. The van der Waals surface area contributed by atoms with Crippen LogP contribution in [0, 0.1) is 6.92 Å². The van der Waals surface area contributed by atoms with E-state index in [1.807, 2.05) is 6.92 Å². The smallest absolute Gasteiger partial charge is 0.340 e. The third-order valence-electron chi connectivity index (χ3n) is 2.45. The number of ether oxygens (including phenoxy) is 1. The molecule has 18 heavy (non-hydrogen) atoms. The Morgan fingerprint density at radius 2 is 2.11 bits per heavy atom. The molecule has 0 bridgehead atoms. The molecule has 98 valence electrons. The molecule has 0 spiro atoms. The quantitative estimate of drug-likeness (QED) is 0.609. The summed E-state index contributed by atoms with van der Waals surface area (Å²) in [4.78, 5) is 23.0. The third kappa shape index (κ3) is 3.76. The second-order valence-corrected chi connectivity index (χ2v) is 3.96. The molecule has 0 aliphatic rings. The normalized spacial score (nSPS) is 9.89. The number of nitrogen functional groups attached to an aromatic ring is 1. The predicted octanol–water partition coefficient (Wildman–Crippen LogP) is 1.26. The standard InChI is InChI=1S/C13H18N2O3/c1-3-7-15-11(16)8-18-13(17)10-6-4-5-9(2)12(10)14/h4-6H,3,7-8,14H2,1-2H3,(H,15,16). The Kier molecular flexibility index (Phi) is 5.17. The molecule has 0 fully saturated rings. The maximum atomic E-state index is 11.7. The lowest BCUT2D eigenvalue weighted by Gasteiger charge is -2.08. The zero-order valence-electron chi connectivity index (χ0n) is 10.7. The Morgan fingerprint density at radius 1 is 1.39 bits per heavy atom. The van der Waals surface area contributed by atoms with Gasteiger partial charge in [-0.05, 0) is 25.0 Å². The first-order valence-corrected chi connectivity index (χ1v) is 5.85. The summed E-state index contributed by atoms with van der Waals surface area (Å²) in [5.74, 6) is -0.890. The Balaban J connectivity index is 2.55. The van der Waals surface area contributed by atoms with E-state index in [0.29, 0.717) is 17.8 Å². The van der Waals surface area contributed by atoms with Crippen LogP contribution in [-0.2, 0) is 9.53 Å². The van der Waals surface area contributed by atoms with Gasteiger partial charge in [-0.15, -0.1) is 0 Å². The number of nitrogens with two attached hydrogens (primary N) is 1. The number of para-hydroxylation sites is 1. The molecule has 1 aromatic carbocycles. The molecule has 0 unspecified atom stereocenters. The van der Waals surface area contributed by atoms with Crippen molar-refractivity contribution in [2.75, 3.05) is 18.9 Å². The topological polar surface area (TPSA) is 81.4 Å². The molecule has 0 saturated heterocycles. The van der Waals surface area contributed by atoms with E-state index < -0.39 is 5.97 Å². The van der Waals surface area contributed by atoms with E-state index in [1.54, 1.807) is 25.1 Å². The van der Waals surface area contributed by atoms with Gasteiger partial charge in [0.05, 0.1) is 5.56 Å². The van der Waals surface area contributed by atoms with Crippen molar-refractivity contribution >= 4 is 17.6 Å². The molecule has 0 heterocycles. The number of esters is 1. The van der Waals surface area contributed by atoms with Crippen LogP contribution in [0.4, 0.5) is 5.69 Å². The SMILES string of the molecule is CCCNC(=O)COC(=O)c1cccc(C)c1N. The monoisotopic (exact) mass is 250 g/mol. The second kappa shape index (κ2) is 6.64. The number of carbonyl (C=O) groups excluding carboxylic acids is 2. The van der Waals surface area contributed by atoms with Crippen molar-refractivity contribution in [2.45, 2.75) is 20.3 Å². The van der Waals surface area contributed by atoms with Crippen LogP contribution in [0.25, 0.3) is 0 Å². The number of benzene rings is 1. The molecule has 0 atom stereocenters. The van der Waals surface area contributed by atoms with Crippen LogP contribution in [0.15, 0.2) is 18.2 Å². The van der Waals surface area contributed by atoms with Gasteiger partial charge in [0.15, 0.2) is 6.61 Å². The Morgan fingerprint density at radius 3 is 2.78 bits per heavy atom. The molecule has 5 nitrogen and oxygen atoms in total. The third-order valence-corrected chi connectivity index (χ3v) is 2.45. The van der Waals surface area contributed by atoms with E-state index in [1.165, 1.54) is 0 Å². The van der Waals surface area contributed by atoms with E-state index >= 15 is 0 Å². The molecule has 0 aromatic heterocycles. The fraction of sp³-hybridized carbons (Fsp3) is 0.385. The number of nitrogens with one attached hydrogen (secondary N) is 1. The van der Waals surface area contributed by atoms with Crippen LogP contribution >= 0.6 is 0 Å². The van der Waals surface area contributed by atoms with E-state index in [-0.39, 0.29) is 12.5 Å². The highest BCUT2D eigenvalue weighted by Crippen LogP contribution is 2.17. The van der Waals surface area contributed by atoms with Crippen LogP contribution in [0.2, 0.25) is 0 Å². The zero-order chi connectivity index (χ0) is 13.5. The van der Waals surface area contributed by atoms with E-state index in [2.05, 4.69) is 5.32 Å². The van der Waals surface area contributed by atoms with Gasteiger partial charge < -0.3 is 15.8 Å². The Bertz CT molecular complexity index is 444. The average molecular weight is 250 g/mol. The number of rotatable bonds is 5. The summed E-state index contributed by atoms with van der Waals surface area (Å²) in [5, 5.41) is 2.62. The first-order valence-electron chi connectivity index (χ1n) is 5.85. The van der Waals surface area contributed by atoms with Crippen LogP contribution in [-0.4, -0.2) is 25.0 Å². The Labute approximate surface area is 106 Å². The van der Waals surface area contributed by atoms with Crippen LogP contribution in [0.3, 0.4) is 0 Å². The molecule has 5 heteroatoms. The fourth-order valence-corrected chi connectivity index (χ4v) is 1.38. The summed E-state index contributed by atoms with van der Waals surface area (Å²) >= 11 is 0. The molecule has 0 radical (unpaired) electrons. The first kappa shape index (κ1) is 14.0. The van der Waals surface area contributed by atoms with Gasteiger partial charge in [0.2, 0.25) is 0 Å². The molecule has 1 rings (SSSR count). The fourth-order valence-electron chi connectivity index (χ4n) is 1.38. The lowest BCUT2D eigenvalue weighted by molar-refractivity contribution is -0.124. The number of amides is 1. The van der Waals surface area contributed by atoms with Crippen molar-refractivity contribution < 1.29 is 14.3 Å². The van der Waals surface area contributed by atoms with Crippen molar-refractivity contribution in [3.63, 3.8) is 0 Å². The van der Waals surface area contributed by atoms with Gasteiger partial charge in [-0.2, -0.15) is 0 Å². The molecule has 1 amide bonds. The highest BCUT2D eigenvalue weighted by Gasteiger charge is 2.13. The van der Waals surface area contributed by atoms with Crippen LogP contribution in [0.5, 0.6) is 0 Å². The average Bonchev–Trinajstić information content (AvgIpc) is 2.36. The largest absolute Gasteiger partial charge is 0.452 e. The molecule has 0 aliphatic heterocycles. The van der Waals surface area contributed by atoms with Gasteiger partial charge in [-0.25, -0.2) is 4.79 Å². The maximum Gasteiger partial charge on any atom is 0.340 e. The van der Waals surface area contributed by atoms with Gasteiger partial charge >= 0.3 is 5.97 Å². The van der Waals surface area contributed by atoms with E-state index in [0.717, 1.165) is 12.0 Å². The summed E-state index contributed by atoms with van der Waals surface area (Å²) < 4.78 is 4.89. The molecular formula is C13H18N2O3. The number of anilines is 1. The van der Waals surface area contributed by atoms with Crippen LogP contribution < -0.4 is 11.1 Å². The van der Waals surface area contributed by atoms with Gasteiger partial charge in [0, 0.05) is 12.2 Å². The minimum absolute atomic E-state index is 0.286. The molecule has 3 N–H and O–H groups in total. The molecule has 0 aliphatic carbocycles. The second-order valence-electron chi connectivity index (χ2n) is 3.96. The number of hydrogen-bond donors (Lipinski definition) is 2. The molecule has 1 aromatic rings. The first-order chi connectivity index (χ1) is 8.56. The lowest BCUT2D eigenvalue weighted by atomic mass is 10.1. The number of carbonyl (C=O) groups is 2. The van der Waals surface area contributed by atoms with Crippen molar-refractivity contribution in [3.8, 4) is 0 Å². The van der Waals surface area contributed by atoms with Gasteiger partial charge in [-0.3, -0.25) is 4.79 Å². The Hall–Kier alpha value is -2.04. The summed E-state index contributed by atoms with van der Waals surface area (Å²) in [6, 6.07) is 5.11. The van der Waals surface area contributed by atoms with Gasteiger partial charge in [0.1, 0.15) is 0 Å². The highest BCUT2D eigenvalue weighted by molar-refractivity contribution is 5.96. The highest BCUT2D eigenvalue weighted by atomic mass is 16.5. The minimum atomic E-state index is -0.581. The van der Waals surface area contributed by atoms with Crippen LogP contribution in [0.1, 0.15) is 29.3 Å². The van der Waals surface area contributed by atoms with Crippen molar-refractivity contribution in [1.82, 2.24) is 5.32 Å². The van der Waals surface area contributed by atoms with E-state index in [4.69, 9.17) is 10.5 Å². The van der Waals surface area contributed by atoms with Gasteiger partial charge in [0.25, 0.3) is 5.91 Å². The summed E-state index contributed by atoms with van der Waals surface area (Å²) in [6.45, 7) is 4.04. The molecular weight excluding hydrogens is 232 g/mol.